The molecule has 6 heteroatoms. The van der Waals surface area contributed by atoms with Gasteiger partial charge in [-0.2, -0.15) is 0 Å². The number of nitrogens with zero attached hydrogens (tertiary/aromatic N) is 3. The fraction of sp³-hybridized carbons (Fsp3) is 0.167. The van der Waals surface area contributed by atoms with Crippen LogP contribution in [0, 0.1) is 0 Å². The number of hydrogen-bond acceptors (Lipinski definition) is 3. The molecule has 0 amide bonds. The third-order valence-electron chi connectivity index (χ3n) is 5.04. The van der Waals surface area contributed by atoms with Crippen molar-refractivity contribution in [3.8, 4) is 11.4 Å². The van der Waals surface area contributed by atoms with Gasteiger partial charge in [0.25, 0.3) is 0 Å². The first kappa shape index (κ1) is 20.5. The van der Waals surface area contributed by atoms with Gasteiger partial charge in [-0.1, -0.05) is 35.3 Å². The zero-order valence-corrected chi connectivity index (χ0v) is 18.4. The van der Waals surface area contributed by atoms with Crippen LogP contribution in [-0.2, 0) is 0 Å². The molecule has 3 aromatic carbocycles. The zero-order chi connectivity index (χ0) is 21.1. The molecule has 0 fully saturated rings. The number of aromatic amines is 1. The Kier molecular flexibility index (Phi) is 6.07. The number of imidazole rings is 1. The summed E-state index contributed by atoms with van der Waals surface area (Å²) in [6, 6.07) is 19.7. The smallest absolute Gasteiger partial charge is 0.140 e. The van der Waals surface area contributed by atoms with Crippen LogP contribution in [-0.4, -0.2) is 29.3 Å². The number of fused-ring (bicyclic) bond motifs is 1. The average Bonchev–Trinajstić information content (AvgIpc) is 3.17. The van der Waals surface area contributed by atoms with Crippen LogP contribution in [0.5, 0.6) is 0 Å². The molecule has 4 rings (SSSR count). The van der Waals surface area contributed by atoms with Gasteiger partial charge in [-0.3, -0.25) is 4.99 Å². The van der Waals surface area contributed by atoms with Crippen molar-refractivity contribution in [2.75, 3.05) is 18.0 Å². The van der Waals surface area contributed by atoms with Crippen LogP contribution < -0.4 is 4.90 Å². The molecule has 0 bridgehead atoms. The fourth-order valence-corrected chi connectivity index (χ4v) is 3.89. The van der Waals surface area contributed by atoms with Gasteiger partial charge < -0.3 is 9.88 Å². The van der Waals surface area contributed by atoms with Gasteiger partial charge in [0.05, 0.1) is 21.7 Å². The second-order valence-electron chi connectivity index (χ2n) is 6.93. The normalized spacial score (nSPS) is 11.5. The molecule has 0 atom stereocenters. The van der Waals surface area contributed by atoms with Crippen molar-refractivity contribution in [2.45, 2.75) is 13.8 Å². The highest BCUT2D eigenvalue weighted by molar-refractivity contribution is 6.36. The summed E-state index contributed by atoms with van der Waals surface area (Å²) in [4.78, 5) is 14.9. The standard InChI is InChI=1S/C24H22Cl2N4/c1-3-30(4-2)19-9-5-16(6-10-19)15-27-18-8-12-22-23(14-18)29-24(28-22)20-11-7-17(25)13-21(20)26/h5-15H,3-4H2,1-2H3,(H,28,29). The van der Waals surface area contributed by atoms with Crippen LogP contribution in [0.3, 0.4) is 0 Å². The molecular weight excluding hydrogens is 415 g/mol. The van der Waals surface area contributed by atoms with Crippen molar-refractivity contribution >= 4 is 51.8 Å². The maximum atomic E-state index is 6.32. The summed E-state index contributed by atoms with van der Waals surface area (Å²) >= 11 is 12.3. The van der Waals surface area contributed by atoms with Crippen LogP contribution in [0.25, 0.3) is 22.4 Å². The monoisotopic (exact) mass is 436 g/mol. The quantitative estimate of drug-likeness (QED) is 0.326. The van der Waals surface area contributed by atoms with Crippen molar-refractivity contribution in [3.63, 3.8) is 0 Å². The second-order valence-corrected chi connectivity index (χ2v) is 7.78. The summed E-state index contributed by atoms with van der Waals surface area (Å²) in [5, 5.41) is 1.16. The number of aliphatic imine (C=N–C) groups is 1. The summed E-state index contributed by atoms with van der Waals surface area (Å²) in [5.41, 5.74) is 5.72. The van der Waals surface area contributed by atoms with E-state index in [9.17, 15) is 0 Å². The topological polar surface area (TPSA) is 44.3 Å². The first-order chi connectivity index (χ1) is 14.6. The highest BCUT2D eigenvalue weighted by Crippen LogP contribution is 2.30. The molecule has 4 nitrogen and oxygen atoms in total. The Morgan fingerprint density at radius 2 is 1.73 bits per heavy atom. The number of rotatable bonds is 6. The second kappa shape index (κ2) is 8.90. The Labute approximate surface area is 186 Å². The lowest BCUT2D eigenvalue weighted by atomic mass is 10.2. The van der Waals surface area contributed by atoms with Gasteiger partial charge in [0.1, 0.15) is 5.82 Å². The number of anilines is 1. The summed E-state index contributed by atoms with van der Waals surface area (Å²) < 4.78 is 0. The van der Waals surface area contributed by atoms with E-state index in [1.165, 1.54) is 5.69 Å². The molecule has 4 aromatic rings. The molecule has 152 valence electrons. The predicted molar refractivity (Wildman–Crippen MR) is 129 cm³/mol. The molecule has 1 aromatic heterocycles. The van der Waals surface area contributed by atoms with Gasteiger partial charge in [0.2, 0.25) is 0 Å². The van der Waals surface area contributed by atoms with E-state index in [0.29, 0.717) is 15.9 Å². The number of aromatic nitrogens is 2. The van der Waals surface area contributed by atoms with E-state index in [2.05, 4.69) is 58.0 Å². The first-order valence-corrected chi connectivity index (χ1v) is 10.7. The van der Waals surface area contributed by atoms with E-state index in [1.54, 1.807) is 12.1 Å². The largest absolute Gasteiger partial charge is 0.372 e. The van der Waals surface area contributed by atoms with E-state index in [0.717, 1.165) is 40.9 Å². The third kappa shape index (κ3) is 4.35. The number of H-pyrrole nitrogens is 1. The van der Waals surface area contributed by atoms with Gasteiger partial charge in [0, 0.05) is 35.6 Å². The SMILES string of the molecule is CCN(CC)c1ccc(C=Nc2ccc3nc(-c4ccc(Cl)cc4Cl)[nH]c3c2)cc1. The molecule has 0 saturated carbocycles. The lowest BCUT2D eigenvalue weighted by Gasteiger charge is -2.20. The first-order valence-electron chi connectivity index (χ1n) is 9.91. The van der Waals surface area contributed by atoms with Crippen molar-refractivity contribution in [1.29, 1.82) is 0 Å². The minimum atomic E-state index is 0.563. The molecule has 1 heterocycles. The Hall–Kier alpha value is -2.82. The molecule has 0 aliphatic heterocycles. The Morgan fingerprint density at radius 3 is 2.43 bits per heavy atom. The van der Waals surface area contributed by atoms with Crippen molar-refractivity contribution in [1.82, 2.24) is 9.97 Å². The molecule has 0 aliphatic rings. The van der Waals surface area contributed by atoms with Crippen LogP contribution in [0.1, 0.15) is 19.4 Å². The molecule has 0 aliphatic carbocycles. The van der Waals surface area contributed by atoms with E-state index in [4.69, 9.17) is 23.2 Å². The summed E-state index contributed by atoms with van der Waals surface area (Å²) in [6.45, 7) is 6.32. The van der Waals surface area contributed by atoms with Crippen LogP contribution in [0.2, 0.25) is 10.0 Å². The van der Waals surface area contributed by atoms with Gasteiger partial charge in [-0.25, -0.2) is 4.98 Å². The van der Waals surface area contributed by atoms with Gasteiger partial charge >= 0.3 is 0 Å². The van der Waals surface area contributed by atoms with Crippen molar-refractivity contribution in [2.24, 2.45) is 4.99 Å². The Balaban J connectivity index is 1.56. The van der Waals surface area contributed by atoms with E-state index in [1.807, 2.05) is 30.5 Å². The van der Waals surface area contributed by atoms with Crippen LogP contribution in [0.15, 0.2) is 65.7 Å². The number of benzene rings is 3. The lowest BCUT2D eigenvalue weighted by molar-refractivity contribution is 0.866. The summed E-state index contributed by atoms with van der Waals surface area (Å²) in [7, 11) is 0. The zero-order valence-electron chi connectivity index (χ0n) is 16.9. The fourth-order valence-electron chi connectivity index (χ4n) is 3.40. The predicted octanol–water partition coefficient (Wildman–Crippen LogP) is 7.13. The molecular formula is C24H22Cl2N4. The van der Waals surface area contributed by atoms with Gasteiger partial charge in [-0.05, 0) is 67.9 Å². The van der Waals surface area contributed by atoms with Crippen LogP contribution in [0.4, 0.5) is 11.4 Å². The number of hydrogen-bond donors (Lipinski definition) is 1. The van der Waals surface area contributed by atoms with Gasteiger partial charge in [-0.15, -0.1) is 0 Å². The minimum Gasteiger partial charge on any atom is -0.372 e. The minimum absolute atomic E-state index is 0.563. The maximum Gasteiger partial charge on any atom is 0.140 e. The van der Waals surface area contributed by atoms with Crippen molar-refractivity contribution in [3.05, 3.63) is 76.3 Å². The number of halogens is 2. The van der Waals surface area contributed by atoms with Crippen molar-refractivity contribution < 1.29 is 0 Å². The highest BCUT2D eigenvalue weighted by atomic mass is 35.5. The molecule has 0 saturated heterocycles. The Bertz CT molecular complexity index is 1190. The number of nitrogens with one attached hydrogen (secondary N) is 1. The summed E-state index contributed by atoms with van der Waals surface area (Å²) in [5.74, 6) is 0.708. The molecule has 0 radical (unpaired) electrons. The Morgan fingerprint density at radius 1 is 0.967 bits per heavy atom. The van der Waals surface area contributed by atoms with Crippen LogP contribution >= 0.6 is 23.2 Å². The average molecular weight is 437 g/mol. The van der Waals surface area contributed by atoms with Gasteiger partial charge in [0.15, 0.2) is 0 Å². The molecule has 0 unspecified atom stereocenters. The maximum absolute atomic E-state index is 6.32. The van der Waals surface area contributed by atoms with E-state index < -0.39 is 0 Å². The molecule has 0 spiro atoms. The molecule has 30 heavy (non-hydrogen) atoms. The lowest BCUT2D eigenvalue weighted by Crippen LogP contribution is -2.21. The summed E-state index contributed by atoms with van der Waals surface area (Å²) in [6.07, 6.45) is 1.88. The molecule has 1 N–H and O–H groups in total. The third-order valence-corrected chi connectivity index (χ3v) is 5.58. The van der Waals surface area contributed by atoms with E-state index in [-0.39, 0.29) is 0 Å². The highest BCUT2D eigenvalue weighted by Gasteiger charge is 2.10. The van der Waals surface area contributed by atoms with E-state index >= 15 is 0 Å².